The first-order valence-electron chi connectivity index (χ1n) is 6.77. The third kappa shape index (κ3) is 3.09. The summed E-state index contributed by atoms with van der Waals surface area (Å²) in [6.07, 6.45) is 5.40. The molecule has 3 heterocycles. The van der Waals surface area contributed by atoms with Crippen LogP contribution in [-0.2, 0) is 4.74 Å². The third-order valence-electron chi connectivity index (χ3n) is 3.31. The number of ether oxygens (including phenoxy) is 1. The zero-order chi connectivity index (χ0) is 14.7. The fraction of sp³-hybridized carbons (Fsp3) is 0.500. The van der Waals surface area contributed by atoms with Crippen molar-refractivity contribution in [1.29, 1.82) is 0 Å². The molecule has 0 bridgehead atoms. The van der Waals surface area contributed by atoms with Crippen molar-refractivity contribution in [2.45, 2.75) is 25.3 Å². The first kappa shape index (κ1) is 13.7. The van der Waals surface area contributed by atoms with Crippen LogP contribution in [0.3, 0.4) is 0 Å². The van der Waals surface area contributed by atoms with Crippen molar-refractivity contribution in [3.05, 3.63) is 18.5 Å². The van der Waals surface area contributed by atoms with Gasteiger partial charge in [0.25, 0.3) is 5.95 Å². The van der Waals surface area contributed by atoms with E-state index in [-0.39, 0.29) is 11.5 Å². The first-order valence-corrected chi connectivity index (χ1v) is 6.77. The van der Waals surface area contributed by atoms with E-state index in [1.807, 2.05) is 0 Å². The molecule has 9 heteroatoms. The Morgan fingerprint density at radius 1 is 1.33 bits per heavy atom. The Morgan fingerprint density at radius 3 is 2.86 bits per heavy atom. The Kier molecular flexibility index (Phi) is 3.67. The summed E-state index contributed by atoms with van der Waals surface area (Å²) in [5.74, 6) is 6.53. The number of hydrogen-bond donors (Lipinski definition) is 3. The second kappa shape index (κ2) is 5.62. The maximum atomic E-state index is 5.52. The SMILES string of the molecule is CC1(Nc2nc(NN)nc(-n3cccn3)n2)CCCOC1. The highest BCUT2D eigenvalue weighted by molar-refractivity contribution is 5.39. The smallest absolute Gasteiger partial charge is 0.257 e. The van der Waals surface area contributed by atoms with Gasteiger partial charge in [-0.3, -0.25) is 5.43 Å². The molecule has 0 amide bonds. The number of nitrogens with one attached hydrogen (secondary N) is 2. The molecule has 1 saturated heterocycles. The number of nitrogens with two attached hydrogens (primary N) is 1. The molecule has 1 unspecified atom stereocenters. The van der Waals surface area contributed by atoms with Crippen molar-refractivity contribution in [2.24, 2.45) is 5.84 Å². The van der Waals surface area contributed by atoms with Gasteiger partial charge < -0.3 is 10.1 Å². The number of rotatable bonds is 4. The molecule has 0 aromatic carbocycles. The highest BCUT2D eigenvalue weighted by atomic mass is 16.5. The third-order valence-corrected chi connectivity index (χ3v) is 3.31. The zero-order valence-electron chi connectivity index (χ0n) is 11.8. The molecule has 1 aliphatic heterocycles. The van der Waals surface area contributed by atoms with Gasteiger partial charge in [0.2, 0.25) is 11.9 Å². The predicted octanol–water partition coefficient (Wildman–Crippen LogP) is 0.324. The molecule has 1 atom stereocenters. The van der Waals surface area contributed by atoms with E-state index in [1.54, 1.807) is 23.1 Å². The van der Waals surface area contributed by atoms with Gasteiger partial charge in [0.15, 0.2) is 0 Å². The second-order valence-corrected chi connectivity index (χ2v) is 5.22. The van der Waals surface area contributed by atoms with Gasteiger partial charge in [0, 0.05) is 19.0 Å². The van der Waals surface area contributed by atoms with Crippen molar-refractivity contribution in [3.8, 4) is 5.95 Å². The summed E-state index contributed by atoms with van der Waals surface area (Å²) in [5, 5.41) is 7.42. The Hall–Kier alpha value is -2.26. The van der Waals surface area contributed by atoms with Gasteiger partial charge in [0.1, 0.15) is 0 Å². The molecule has 4 N–H and O–H groups in total. The van der Waals surface area contributed by atoms with Crippen molar-refractivity contribution in [1.82, 2.24) is 24.7 Å². The summed E-state index contributed by atoms with van der Waals surface area (Å²) >= 11 is 0. The largest absolute Gasteiger partial charge is 0.379 e. The highest BCUT2D eigenvalue weighted by Crippen LogP contribution is 2.23. The number of hydrogen-bond acceptors (Lipinski definition) is 8. The molecule has 21 heavy (non-hydrogen) atoms. The number of nitrogen functional groups attached to an aromatic ring is 1. The molecule has 2 aromatic heterocycles. The van der Waals surface area contributed by atoms with E-state index in [2.05, 4.69) is 37.7 Å². The number of aromatic nitrogens is 5. The monoisotopic (exact) mass is 290 g/mol. The van der Waals surface area contributed by atoms with E-state index in [0.29, 0.717) is 18.5 Å². The molecule has 0 radical (unpaired) electrons. The second-order valence-electron chi connectivity index (χ2n) is 5.22. The normalized spacial score (nSPS) is 22.0. The molecule has 3 rings (SSSR count). The average Bonchev–Trinajstić information content (AvgIpc) is 3.01. The molecule has 0 aliphatic carbocycles. The van der Waals surface area contributed by atoms with Gasteiger partial charge in [0.05, 0.1) is 12.1 Å². The quantitative estimate of drug-likeness (QED) is 0.545. The van der Waals surface area contributed by atoms with Gasteiger partial charge in [-0.2, -0.15) is 20.1 Å². The van der Waals surface area contributed by atoms with Crippen LogP contribution in [0.15, 0.2) is 18.5 Å². The minimum atomic E-state index is -0.202. The van der Waals surface area contributed by atoms with Gasteiger partial charge in [-0.25, -0.2) is 10.5 Å². The number of hydrazine groups is 1. The van der Waals surface area contributed by atoms with Crippen molar-refractivity contribution >= 4 is 11.9 Å². The van der Waals surface area contributed by atoms with Crippen molar-refractivity contribution in [2.75, 3.05) is 24.0 Å². The van der Waals surface area contributed by atoms with Gasteiger partial charge >= 0.3 is 0 Å². The molecule has 0 spiro atoms. The Morgan fingerprint density at radius 2 is 2.19 bits per heavy atom. The van der Waals surface area contributed by atoms with Gasteiger partial charge in [-0.1, -0.05) is 0 Å². The molecule has 1 aliphatic rings. The number of nitrogens with zero attached hydrogens (tertiary/aromatic N) is 5. The maximum absolute atomic E-state index is 5.52. The molecular formula is C12H18N8O. The molecule has 2 aromatic rings. The maximum Gasteiger partial charge on any atom is 0.257 e. The summed E-state index contributed by atoms with van der Waals surface area (Å²) in [5.41, 5.74) is 2.24. The van der Waals surface area contributed by atoms with Crippen molar-refractivity contribution in [3.63, 3.8) is 0 Å². The Balaban J connectivity index is 1.89. The van der Waals surface area contributed by atoms with Crippen LogP contribution in [0, 0.1) is 0 Å². The van der Waals surface area contributed by atoms with Crippen LogP contribution < -0.4 is 16.6 Å². The summed E-state index contributed by atoms with van der Waals surface area (Å²) in [7, 11) is 0. The zero-order valence-corrected chi connectivity index (χ0v) is 11.8. The van der Waals surface area contributed by atoms with Crippen molar-refractivity contribution < 1.29 is 4.74 Å². The standard InChI is InChI=1S/C12H18N8O/c1-12(4-2-7-21-8-12)18-9-15-10(19-13)17-11(16-9)20-6-3-5-14-20/h3,5-6H,2,4,7-8,13H2,1H3,(H2,15,16,17,18,19). The van der Waals surface area contributed by atoms with Crippen LogP contribution in [0.2, 0.25) is 0 Å². The van der Waals surface area contributed by atoms with Crippen LogP contribution in [0.4, 0.5) is 11.9 Å². The topological polar surface area (TPSA) is 116 Å². The van der Waals surface area contributed by atoms with E-state index in [1.165, 1.54) is 0 Å². The molecule has 9 nitrogen and oxygen atoms in total. The van der Waals surface area contributed by atoms with E-state index >= 15 is 0 Å². The summed E-state index contributed by atoms with van der Waals surface area (Å²) in [4.78, 5) is 12.8. The molecule has 1 fully saturated rings. The number of anilines is 2. The highest BCUT2D eigenvalue weighted by Gasteiger charge is 2.28. The molecule has 0 saturated carbocycles. The summed E-state index contributed by atoms with van der Waals surface area (Å²) < 4.78 is 7.07. The predicted molar refractivity (Wildman–Crippen MR) is 76.8 cm³/mol. The van der Waals surface area contributed by atoms with Crippen LogP contribution in [0.1, 0.15) is 19.8 Å². The van der Waals surface area contributed by atoms with Crippen LogP contribution in [-0.4, -0.2) is 43.5 Å². The van der Waals surface area contributed by atoms with Gasteiger partial charge in [-0.05, 0) is 25.8 Å². The lowest BCUT2D eigenvalue weighted by Crippen LogP contribution is -2.43. The molecule has 112 valence electrons. The van der Waals surface area contributed by atoms with Crippen LogP contribution >= 0.6 is 0 Å². The van der Waals surface area contributed by atoms with Crippen LogP contribution in [0.5, 0.6) is 0 Å². The van der Waals surface area contributed by atoms with E-state index < -0.39 is 0 Å². The van der Waals surface area contributed by atoms with E-state index in [9.17, 15) is 0 Å². The van der Waals surface area contributed by atoms with E-state index in [0.717, 1.165) is 19.4 Å². The lowest BCUT2D eigenvalue weighted by Gasteiger charge is -2.34. The Bertz CT molecular complexity index is 593. The van der Waals surface area contributed by atoms with Gasteiger partial charge in [-0.15, -0.1) is 0 Å². The lowest BCUT2D eigenvalue weighted by molar-refractivity contribution is 0.0537. The summed E-state index contributed by atoms with van der Waals surface area (Å²) in [6.45, 7) is 3.49. The first-order chi connectivity index (χ1) is 10.2. The Labute approximate surface area is 121 Å². The fourth-order valence-corrected chi connectivity index (χ4v) is 2.28. The van der Waals surface area contributed by atoms with Crippen LogP contribution in [0.25, 0.3) is 5.95 Å². The fourth-order valence-electron chi connectivity index (χ4n) is 2.28. The summed E-state index contributed by atoms with van der Waals surface area (Å²) in [6, 6.07) is 1.79. The average molecular weight is 290 g/mol. The molecular weight excluding hydrogens is 272 g/mol. The minimum Gasteiger partial charge on any atom is -0.379 e. The minimum absolute atomic E-state index is 0.202. The van der Waals surface area contributed by atoms with E-state index in [4.69, 9.17) is 10.6 Å². The lowest BCUT2D eigenvalue weighted by atomic mass is 9.95.